The number of aliphatic hydroxyl groups is 1. The van der Waals surface area contributed by atoms with Crippen molar-refractivity contribution in [3.8, 4) is 0 Å². The van der Waals surface area contributed by atoms with Crippen molar-refractivity contribution >= 4 is 38.5 Å². The van der Waals surface area contributed by atoms with Gasteiger partial charge >= 0.3 is 0 Å². The van der Waals surface area contributed by atoms with Crippen LogP contribution in [0.4, 0.5) is 0 Å². The molecule has 2 rings (SSSR count). The highest BCUT2D eigenvalue weighted by Gasteiger charge is 2.15. The first-order valence-corrected chi connectivity index (χ1v) is 7.98. The molecule has 0 aliphatic carbocycles. The van der Waals surface area contributed by atoms with Gasteiger partial charge < -0.3 is 5.11 Å². The van der Waals surface area contributed by atoms with E-state index in [0.29, 0.717) is 6.42 Å². The average Bonchev–Trinajstić information content (AvgIpc) is 2.80. The highest BCUT2D eigenvalue weighted by Crippen LogP contribution is 2.27. The Morgan fingerprint density at radius 3 is 3.00 bits per heavy atom. The third-order valence-corrected chi connectivity index (χ3v) is 4.22. The molecule has 1 aromatic carbocycles. The Bertz CT molecular complexity index is 559. The molecule has 0 aliphatic heterocycles. The van der Waals surface area contributed by atoms with Gasteiger partial charge in [0.25, 0.3) is 0 Å². The lowest BCUT2D eigenvalue weighted by Gasteiger charge is -2.13. The number of halogens is 2. The molecular weight excluding hydrogens is 421 g/mol. The molecule has 1 N–H and O–H groups in total. The SMILES string of the molecule is CCCn1ncnc1CC(O)c1cc(I)ccc1Br. The number of nitrogens with zero attached hydrogens (tertiary/aromatic N) is 3. The van der Waals surface area contributed by atoms with Gasteiger partial charge in [0.05, 0.1) is 6.10 Å². The quantitative estimate of drug-likeness (QED) is 0.733. The van der Waals surface area contributed by atoms with E-state index in [-0.39, 0.29) is 0 Å². The zero-order valence-electron chi connectivity index (χ0n) is 10.6. The van der Waals surface area contributed by atoms with Crippen molar-refractivity contribution in [3.63, 3.8) is 0 Å². The number of aryl methyl sites for hydroxylation is 1. The highest BCUT2D eigenvalue weighted by molar-refractivity contribution is 14.1. The smallest absolute Gasteiger partial charge is 0.138 e. The molecule has 2 aromatic rings. The van der Waals surface area contributed by atoms with Gasteiger partial charge in [-0.3, -0.25) is 4.68 Å². The van der Waals surface area contributed by atoms with Gasteiger partial charge in [-0.05, 0) is 52.8 Å². The van der Waals surface area contributed by atoms with Crippen LogP contribution in [0, 0.1) is 3.57 Å². The second kappa shape index (κ2) is 6.81. The number of hydrogen-bond acceptors (Lipinski definition) is 3. The van der Waals surface area contributed by atoms with Crippen molar-refractivity contribution in [3.05, 3.63) is 44.0 Å². The molecule has 102 valence electrons. The van der Waals surface area contributed by atoms with Crippen LogP contribution < -0.4 is 0 Å². The summed E-state index contributed by atoms with van der Waals surface area (Å²) in [6.45, 7) is 2.92. The molecule has 0 amide bonds. The normalized spacial score (nSPS) is 12.6. The fourth-order valence-electron chi connectivity index (χ4n) is 1.90. The van der Waals surface area contributed by atoms with Gasteiger partial charge in [0, 0.05) is 21.0 Å². The van der Waals surface area contributed by atoms with E-state index in [1.165, 1.54) is 0 Å². The number of rotatable bonds is 5. The summed E-state index contributed by atoms with van der Waals surface area (Å²) in [5.74, 6) is 0.820. The van der Waals surface area contributed by atoms with Crippen LogP contribution in [0.2, 0.25) is 0 Å². The second-order valence-corrected chi connectivity index (χ2v) is 6.39. The fourth-order valence-corrected chi connectivity index (χ4v) is 2.92. The molecule has 0 radical (unpaired) electrons. The van der Waals surface area contributed by atoms with Crippen molar-refractivity contribution in [1.82, 2.24) is 14.8 Å². The van der Waals surface area contributed by atoms with Crippen LogP contribution in [-0.2, 0) is 13.0 Å². The maximum Gasteiger partial charge on any atom is 0.138 e. The minimum atomic E-state index is -0.580. The van der Waals surface area contributed by atoms with Crippen LogP contribution in [0.15, 0.2) is 29.0 Å². The number of hydrogen-bond donors (Lipinski definition) is 1. The third-order valence-electron chi connectivity index (χ3n) is 2.82. The summed E-state index contributed by atoms with van der Waals surface area (Å²) in [5, 5.41) is 14.5. The summed E-state index contributed by atoms with van der Waals surface area (Å²) in [4.78, 5) is 4.23. The van der Waals surface area contributed by atoms with Gasteiger partial charge in [-0.1, -0.05) is 22.9 Å². The van der Waals surface area contributed by atoms with Crippen LogP contribution in [0.25, 0.3) is 0 Å². The minimum Gasteiger partial charge on any atom is -0.388 e. The molecule has 6 heteroatoms. The van der Waals surface area contributed by atoms with E-state index in [2.05, 4.69) is 55.5 Å². The Hall–Kier alpha value is -0.470. The predicted molar refractivity (Wildman–Crippen MR) is 85.8 cm³/mol. The zero-order chi connectivity index (χ0) is 13.8. The topological polar surface area (TPSA) is 50.9 Å². The first-order chi connectivity index (χ1) is 9.11. The largest absolute Gasteiger partial charge is 0.388 e. The molecule has 0 saturated heterocycles. The van der Waals surface area contributed by atoms with Crippen molar-refractivity contribution < 1.29 is 5.11 Å². The number of aromatic nitrogens is 3. The van der Waals surface area contributed by atoms with Gasteiger partial charge in [-0.2, -0.15) is 5.10 Å². The van der Waals surface area contributed by atoms with Gasteiger partial charge in [-0.15, -0.1) is 0 Å². The zero-order valence-corrected chi connectivity index (χ0v) is 14.3. The molecule has 19 heavy (non-hydrogen) atoms. The lowest BCUT2D eigenvalue weighted by Crippen LogP contribution is -2.11. The Labute approximate surface area is 134 Å². The predicted octanol–water partition coefficient (Wildman–Crippen LogP) is 3.33. The van der Waals surface area contributed by atoms with E-state index in [1.807, 2.05) is 22.9 Å². The lowest BCUT2D eigenvalue weighted by atomic mass is 10.1. The monoisotopic (exact) mass is 435 g/mol. The Kier molecular flexibility index (Phi) is 5.35. The third kappa shape index (κ3) is 3.76. The van der Waals surface area contributed by atoms with Crippen LogP contribution >= 0.6 is 38.5 Å². The molecular formula is C13H15BrIN3O. The number of benzene rings is 1. The summed E-state index contributed by atoms with van der Waals surface area (Å²) in [7, 11) is 0. The minimum absolute atomic E-state index is 0.471. The Morgan fingerprint density at radius 1 is 1.47 bits per heavy atom. The maximum atomic E-state index is 10.4. The summed E-state index contributed by atoms with van der Waals surface area (Å²) in [6, 6.07) is 5.94. The van der Waals surface area contributed by atoms with Crippen molar-refractivity contribution in [2.24, 2.45) is 0 Å². The average molecular weight is 436 g/mol. The summed E-state index contributed by atoms with van der Waals surface area (Å²) >= 11 is 5.72. The van der Waals surface area contributed by atoms with Crippen LogP contribution in [-0.4, -0.2) is 19.9 Å². The molecule has 1 aromatic heterocycles. The Balaban J connectivity index is 2.18. The molecule has 1 atom stereocenters. The summed E-state index contributed by atoms with van der Waals surface area (Å²) in [5.41, 5.74) is 0.887. The van der Waals surface area contributed by atoms with E-state index in [1.54, 1.807) is 6.33 Å². The van der Waals surface area contributed by atoms with Crippen molar-refractivity contribution in [1.29, 1.82) is 0 Å². The van der Waals surface area contributed by atoms with E-state index in [4.69, 9.17) is 0 Å². The summed E-state index contributed by atoms with van der Waals surface area (Å²) in [6.07, 6.45) is 2.43. The van der Waals surface area contributed by atoms with E-state index in [0.717, 1.165) is 32.4 Å². The van der Waals surface area contributed by atoms with E-state index >= 15 is 0 Å². The lowest BCUT2D eigenvalue weighted by molar-refractivity contribution is 0.173. The maximum absolute atomic E-state index is 10.4. The summed E-state index contributed by atoms with van der Waals surface area (Å²) < 4.78 is 3.87. The molecule has 0 bridgehead atoms. The van der Waals surface area contributed by atoms with Gasteiger partial charge in [-0.25, -0.2) is 4.98 Å². The molecule has 4 nitrogen and oxygen atoms in total. The van der Waals surface area contributed by atoms with Gasteiger partial charge in [0.2, 0.25) is 0 Å². The van der Waals surface area contributed by atoms with Crippen molar-refractivity contribution in [2.75, 3.05) is 0 Å². The first kappa shape index (κ1) is 14.9. The standard InChI is InChI=1S/C13H15BrIN3O/c1-2-5-18-13(16-8-17-18)7-12(19)10-6-9(15)3-4-11(10)14/h3-4,6,8,12,19H,2,5,7H2,1H3. The highest BCUT2D eigenvalue weighted by atomic mass is 127. The molecule has 1 heterocycles. The van der Waals surface area contributed by atoms with Crippen LogP contribution in [0.5, 0.6) is 0 Å². The molecule has 0 aliphatic rings. The Morgan fingerprint density at radius 2 is 2.26 bits per heavy atom. The van der Waals surface area contributed by atoms with E-state index in [9.17, 15) is 5.11 Å². The molecule has 0 fully saturated rings. The van der Waals surface area contributed by atoms with Crippen LogP contribution in [0.3, 0.4) is 0 Å². The second-order valence-electron chi connectivity index (χ2n) is 4.29. The van der Waals surface area contributed by atoms with Crippen molar-refractivity contribution in [2.45, 2.75) is 32.4 Å². The molecule has 0 spiro atoms. The van der Waals surface area contributed by atoms with Gasteiger partial charge in [0.15, 0.2) is 0 Å². The van der Waals surface area contributed by atoms with Gasteiger partial charge in [0.1, 0.15) is 12.2 Å². The first-order valence-electron chi connectivity index (χ1n) is 6.11. The fraction of sp³-hybridized carbons (Fsp3) is 0.385. The molecule has 0 saturated carbocycles. The molecule has 1 unspecified atom stereocenters. The van der Waals surface area contributed by atoms with Crippen LogP contribution in [0.1, 0.15) is 30.8 Å². The number of aliphatic hydroxyl groups excluding tert-OH is 1. The van der Waals surface area contributed by atoms with E-state index < -0.39 is 6.10 Å².